The van der Waals surface area contributed by atoms with Crippen LogP contribution in [0.2, 0.25) is 0 Å². The Morgan fingerprint density at radius 2 is 1.86 bits per heavy atom. The lowest BCUT2D eigenvalue weighted by Gasteiger charge is -2.20. The summed E-state index contributed by atoms with van der Waals surface area (Å²) in [6.07, 6.45) is 3.11. The molecule has 0 radical (unpaired) electrons. The summed E-state index contributed by atoms with van der Waals surface area (Å²) in [6, 6.07) is 0.564. The van der Waals surface area contributed by atoms with E-state index >= 15 is 0 Å². The van der Waals surface area contributed by atoms with E-state index in [4.69, 9.17) is 11.0 Å². The van der Waals surface area contributed by atoms with Crippen molar-refractivity contribution in [1.82, 2.24) is 9.80 Å². The van der Waals surface area contributed by atoms with Crippen molar-refractivity contribution in [1.29, 1.82) is 5.26 Å². The van der Waals surface area contributed by atoms with Crippen molar-refractivity contribution < 1.29 is 19.2 Å². The molecule has 0 bridgehead atoms. The number of imide groups is 2. The SMILES string of the molecule is CC(N)=C(C#N)C(=O)CN1C(=O)C(=O)N(C2CCCC2)C1=O. The second-order valence-corrected chi connectivity index (χ2v) is 5.38. The monoisotopic (exact) mass is 304 g/mol. The first kappa shape index (κ1) is 15.7. The molecule has 0 atom stereocenters. The summed E-state index contributed by atoms with van der Waals surface area (Å²) < 4.78 is 0. The fourth-order valence-electron chi connectivity index (χ4n) is 2.74. The molecule has 1 saturated carbocycles. The molecular formula is C14H16N4O4. The zero-order valence-electron chi connectivity index (χ0n) is 12.2. The molecule has 2 N–H and O–H groups in total. The van der Waals surface area contributed by atoms with Crippen LogP contribution in [0.3, 0.4) is 0 Å². The minimum atomic E-state index is -1.03. The number of ketones is 1. The van der Waals surface area contributed by atoms with Gasteiger partial charge in [0.1, 0.15) is 11.6 Å². The molecule has 2 aliphatic rings. The summed E-state index contributed by atoms with van der Waals surface area (Å²) in [6.45, 7) is 0.726. The summed E-state index contributed by atoms with van der Waals surface area (Å²) >= 11 is 0. The van der Waals surface area contributed by atoms with Gasteiger partial charge in [0.25, 0.3) is 0 Å². The predicted molar refractivity (Wildman–Crippen MR) is 73.7 cm³/mol. The molecule has 8 heteroatoms. The molecule has 1 aliphatic carbocycles. The van der Waals surface area contributed by atoms with Gasteiger partial charge < -0.3 is 5.73 Å². The number of rotatable bonds is 4. The average Bonchev–Trinajstić information content (AvgIpc) is 3.03. The summed E-state index contributed by atoms with van der Waals surface area (Å²) in [5.41, 5.74) is 5.11. The first-order valence-electron chi connectivity index (χ1n) is 6.97. The number of urea groups is 1. The van der Waals surface area contributed by atoms with Gasteiger partial charge in [-0.3, -0.25) is 19.3 Å². The lowest BCUT2D eigenvalue weighted by atomic mass is 10.1. The quantitative estimate of drug-likeness (QED) is 0.338. The van der Waals surface area contributed by atoms with Crippen molar-refractivity contribution >= 4 is 23.6 Å². The van der Waals surface area contributed by atoms with Crippen LogP contribution in [0.5, 0.6) is 0 Å². The minimum absolute atomic E-state index is 0.00516. The molecular weight excluding hydrogens is 288 g/mol. The van der Waals surface area contributed by atoms with Crippen LogP contribution in [0.4, 0.5) is 4.79 Å². The van der Waals surface area contributed by atoms with Crippen molar-refractivity contribution in [2.45, 2.75) is 38.6 Å². The van der Waals surface area contributed by atoms with Crippen LogP contribution >= 0.6 is 0 Å². The van der Waals surface area contributed by atoms with Crippen molar-refractivity contribution in [3.63, 3.8) is 0 Å². The Morgan fingerprint density at radius 3 is 2.36 bits per heavy atom. The number of hydrogen-bond acceptors (Lipinski definition) is 6. The van der Waals surface area contributed by atoms with Gasteiger partial charge in [0.05, 0.1) is 6.54 Å². The highest BCUT2D eigenvalue weighted by molar-refractivity contribution is 6.45. The van der Waals surface area contributed by atoms with E-state index in [1.807, 2.05) is 0 Å². The highest BCUT2D eigenvalue weighted by Crippen LogP contribution is 2.27. The number of Topliss-reactive ketones (excluding diaryl/α,β-unsaturated/α-hetero) is 1. The van der Waals surface area contributed by atoms with Gasteiger partial charge in [0, 0.05) is 11.7 Å². The van der Waals surface area contributed by atoms with E-state index in [0.29, 0.717) is 17.7 Å². The Balaban J connectivity index is 2.19. The van der Waals surface area contributed by atoms with E-state index in [2.05, 4.69) is 0 Å². The molecule has 0 unspecified atom stereocenters. The maximum absolute atomic E-state index is 12.3. The topological polar surface area (TPSA) is 125 Å². The van der Waals surface area contributed by atoms with Crippen molar-refractivity contribution in [2.75, 3.05) is 6.54 Å². The van der Waals surface area contributed by atoms with Crippen LogP contribution < -0.4 is 5.73 Å². The van der Waals surface area contributed by atoms with Crippen LogP contribution in [0.1, 0.15) is 32.6 Å². The normalized spacial score (nSPS) is 20.5. The van der Waals surface area contributed by atoms with Crippen LogP contribution in [0, 0.1) is 11.3 Å². The Kier molecular flexibility index (Phi) is 4.26. The van der Waals surface area contributed by atoms with Gasteiger partial charge in [-0.05, 0) is 19.8 Å². The first-order valence-corrected chi connectivity index (χ1v) is 6.97. The highest BCUT2D eigenvalue weighted by atomic mass is 16.2. The van der Waals surface area contributed by atoms with E-state index < -0.39 is 30.2 Å². The van der Waals surface area contributed by atoms with Crippen molar-refractivity contribution in [3.05, 3.63) is 11.3 Å². The summed E-state index contributed by atoms with van der Waals surface area (Å²) in [5.74, 6) is -2.70. The number of allylic oxidation sites excluding steroid dienone is 1. The number of amides is 4. The smallest absolute Gasteiger partial charge is 0.334 e. The first-order chi connectivity index (χ1) is 10.4. The van der Waals surface area contributed by atoms with Crippen LogP contribution in [-0.2, 0) is 14.4 Å². The third kappa shape index (κ3) is 2.57. The number of carbonyl (C=O) groups excluding carboxylic acids is 4. The Bertz CT molecular complexity index is 621. The molecule has 116 valence electrons. The van der Waals surface area contributed by atoms with Gasteiger partial charge in [-0.25, -0.2) is 9.69 Å². The van der Waals surface area contributed by atoms with Crippen molar-refractivity contribution in [3.8, 4) is 6.07 Å². The third-order valence-corrected chi connectivity index (χ3v) is 3.86. The van der Waals surface area contributed by atoms with E-state index in [1.165, 1.54) is 6.92 Å². The number of nitriles is 1. The highest BCUT2D eigenvalue weighted by Gasteiger charge is 2.48. The number of carbonyl (C=O) groups is 4. The lowest BCUT2D eigenvalue weighted by Crippen LogP contribution is -2.41. The van der Waals surface area contributed by atoms with E-state index in [0.717, 1.165) is 17.7 Å². The molecule has 1 saturated heterocycles. The zero-order valence-corrected chi connectivity index (χ0v) is 12.2. The molecule has 2 rings (SSSR count). The maximum atomic E-state index is 12.3. The number of hydrogen-bond donors (Lipinski definition) is 1. The summed E-state index contributed by atoms with van der Waals surface area (Å²) in [7, 11) is 0. The molecule has 1 aliphatic heterocycles. The fourth-order valence-corrected chi connectivity index (χ4v) is 2.74. The van der Waals surface area contributed by atoms with Gasteiger partial charge in [0.15, 0.2) is 5.78 Å². The lowest BCUT2D eigenvalue weighted by molar-refractivity contribution is -0.144. The molecule has 1 heterocycles. The number of nitrogens with two attached hydrogens (primary N) is 1. The van der Waals surface area contributed by atoms with Gasteiger partial charge in [-0.15, -0.1) is 0 Å². The van der Waals surface area contributed by atoms with Gasteiger partial charge in [0.2, 0.25) is 0 Å². The second-order valence-electron chi connectivity index (χ2n) is 5.38. The predicted octanol–water partition coefficient (Wildman–Crippen LogP) is 0.0452. The van der Waals surface area contributed by atoms with Gasteiger partial charge in [-0.1, -0.05) is 12.8 Å². The largest absolute Gasteiger partial charge is 0.401 e. The number of nitrogens with zero attached hydrogens (tertiary/aromatic N) is 3. The standard InChI is InChI=1S/C14H16N4O4/c1-8(16)10(6-15)11(19)7-17-12(20)13(21)18(14(17)22)9-4-2-3-5-9/h9H,2-5,7,16H2,1H3. The second kappa shape index (κ2) is 5.97. The fraction of sp³-hybridized carbons (Fsp3) is 0.500. The Hall–Kier alpha value is -2.69. The van der Waals surface area contributed by atoms with E-state index in [1.54, 1.807) is 6.07 Å². The molecule has 2 fully saturated rings. The third-order valence-electron chi connectivity index (χ3n) is 3.86. The van der Waals surface area contributed by atoms with Crippen LogP contribution in [-0.4, -0.2) is 46.0 Å². The molecule has 22 heavy (non-hydrogen) atoms. The molecule has 0 aromatic rings. The summed E-state index contributed by atoms with van der Waals surface area (Å²) in [4.78, 5) is 49.6. The zero-order chi connectivity index (χ0) is 16.4. The molecule has 8 nitrogen and oxygen atoms in total. The Morgan fingerprint density at radius 1 is 1.27 bits per heavy atom. The van der Waals surface area contributed by atoms with Crippen LogP contribution in [0.15, 0.2) is 11.3 Å². The summed E-state index contributed by atoms with van der Waals surface area (Å²) in [5, 5.41) is 8.87. The minimum Gasteiger partial charge on any atom is -0.401 e. The van der Waals surface area contributed by atoms with E-state index in [-0.39, 0.29) is 17.3 Å². The van der Waals surface area contributed by atoms with Gasteiger partial charge in [-0.2, -0.15) is 5.26 Å². The molecule has 4 amide bonds. The molecule has 0 aromatic heterocycles. The Labute approximate surface area is 127 Å². The van der Waals surface area contributed by atoms with Crippen molar-refractivity contribution in [2.24, 2.45) is 5.73 Å². The van der Waals surface area contributed by atoms with Crippen LogP contribution in [0.25, 0.3) is 0 Å². The average molecular weight is 304 g/mol. The maximum Gasteiger partial charge on any atom is 0.334 e. The molecule has 0 spiro atoms. The van der Waals surface area contributed by atoms with Gasteiger partial charge >= 0.3 is 17.8 Å². The molecule has 0 aromatic carbocycles. The van der Waals surface area contributed by atoms with E-state index in [9.17, 15) is 19.2 Å².